The van der Waals surface area contributed by atoms with Crippen molar-refractivity contribution >= 4 is 20.6 Å². The summed E-state index contributed by atoms with van der Waals surface area (Å²) >= 11 is 0. The van der Waals surface area contributed by atoms with E-state index in [0.29, 0.717) is 31.7 Å². The molecule has 164 valence electrons. The Hall–Kier alpha value is -1.12. The van der Waals surface area contributed by atoms with Gasteiger partial charge in [0.25, 0.3) is 0 Å². The molecular weight excluding hydrogens is 376 g/mol. The van der Waals surface area contributed by atoms with E-state index < -0.39 is 19.8 Å². The van der Waals surface area contributed by atoms with Gasteiger partial charge in [-0.05, 0) is 45.6 Å². The first-order chi connectivity index (χ1) is 12.9. The molecule has 1 aliphatic rings. The molecule has 2 amide bonds. The van der Waals surface area contributed by atoms with E-state index in [1.165, 1.54) is 5.06 Å². The van der Waals surface area contributed by atoms with Gasteiger partial charge in [0.2, 0.25) is 6.41 Å². The van der Waals surface area contributed by atoms with Gasteiger partial charge in [-0.25, -0.2) is 9.86 Å². The number of nitrogens with zero attached hydrogens (tertiary/aromatic N) is 1. The minimum absolute atomic E-state index is 0.137. The minimum Gasteiger partial charge on any atom is -0.444 e. The maximum absolute atomic E-state index is 11.9. The first-order valence-electron chi connectivity index (χ1n) is 10.3. The Bertz CT molecular complexity index is 484. The molecule has 3 atom stereocenters. The SMILES string of the molecule is CC(CON(C=O)C(CCNC(=O)OC(C)(C)C)[C@H]1CCCOC1)[Si](C)(C)C. The fourth-order valence-electron chi connectivity index (χ4n) is 2.93. The summed E-state index contributed by atoms with van der Waals surface area (Å²) in [5.74, 6) is 0.196. The number of alkyl carbamates (subject to hydrolysis) is 1. The van der Waals surface area contributed by atoms with Crippen LogP contribution in [-0.4, -0.2) is 63.6 Å². The van der Waals surface area contributed by atoms with Crippen LogP contribution in [0, 0.1) is 5.92 Å². The number of amides is 2. The van der Waals surface area contributed by atoms with Crippen molar-refractivity contribution in [3.63, 3.8) is 0 Å². The van der Waals surface area contributed by atoms with E-state index in [0.717, 1.165) is 25.9 Å². The average molecular weight is 417 g/mol. The summed E-state index contributed by atoms with van der Waals surface area (Å²) < 4.78 is 10.9. The topological polar surface area (TPSA) is 77.1 Å². The van der Waals surface area contributed by atoms with Gasteiger partial charge in [0, 0.05) is 27.1 Å². The highest BCUT2D eigenvalue weighted by Gasteiger charge is 2.31. The molecule has 0 saturated carbocycles. The predicted octanol–water partition coefficient (Wildman–Crippen LogP) is 3.81. The summed E-state index contributed by atoms with van der Waals surface area (Å²) in [6, 6.07) is -0.137. The highest BCUT2D eigenvalue weighted by Crippen LogP contribution is 2.26. The molecule has 8 heteroatoms. The first-order valence-corrected chi connectivity index (χ1v) is 13.9. The molecule has 0 aromatic heterocycles. The van der Waals surface area contributed by atoms with Gasteiger partial charge >= 0.3 is 6.09 Å². The lowest BCUT2D eigenvalue weighted by molar-refractivity contribution is -0.198. The third-order valence-corrected chi connectivity index (χ3v) is 8.35. The zero-order valence-electron chi connectivity index (χ0n) is 18.7. The van der Waals surface area contributed by atoms with Gasteiger partial charge in [0.05, 0.1) is 19.3 Å². The smallest absolute Gasteiger partial charge is 0.407 e. The molecule has 1 aliphatic heterocycles. The zero-order valence-corrected chi connectivity index (χ0v) is 19.7. The van der Waals surface area contributed by atoms with Crippen LogP contribution in [0.5, 0.6) is 0 Å². The lowest BCUT2D eigenvalue weighted by Gasteiger charge is -2.37. The molecule has 0 bridgehead atoms. The minimum atomic E-state index is -1.34. The normalized spacial score (nSPS) is 20.2. The van der Waals surface area contributed by atoms with E-state index in [4.69, 9.17) is 14.3 Å². The number of carbonyl (C=O) groups excluding carboxylic acids is 2. The van der Waals surface area contributed by atoms with Crippen LogP contribution in [0.25, 0.3) is 0 Å². The van der Waals surface area contributed by atoms with Gasteiger partial charge in [-0.1, -0.05) is 26.6 Å². The maximum Gasteiger partial charge on any atom is 0.407 e. The highest BCUT2D eigenvalue weighted by molar-refractivity contribution is 6.77. The summed E-state index contributed by atoms with van der Waals surface area (Å²) in [6.45, 7) is 16.9. The van der Waals surface area contributed by atoms with E-state index in [-0.39, 0.29) is 12.0 Å². The fourth-order valence-corrected chi connectivity index (χ4v) is 3.50. The number of carbonyl (C=O) groups is 2. The maximum atomic E-state index is 11.9. The molecule has 28 heavy (non-hydrogen) atoms. The second-order valence-corrected chi connectivity index (χ2v) is 15.5. The molecule has 1 saturated heterocycles. The van der Waals surface area contributed by atoms with Crippen molar-refractivity contribution in [1.29, 1.82) is 0 Å². The van der Waals surface area contributed by atoms with Crippen LogP contribution in [0.2, 0.25) is 25.2 Å². The predicted molar refractivity (Wildman–Crippen MR) is 113 cm³/mol. The number of hydroxylamine groups is 2. The largest absolute Gasteiger partial charge is 0.444 e. The van der Waals surface area contributed by atoms with Crippen LogP contribution in [0.3, 0.4) is 0 Å². The van der Waals surface area contributed by atoms with Crippen molar-refractivity contribution in [3.8, 4) is 0 Å². The molecule has 2 unspecified atom stereocenters. The summed E-state index contributed by atoms with van der Waals surface area (Å²) in [7, 11) is -1.34. The Morgan fingerprint density at radius 3 is 2.54 bits per heavy atom. The Kier molecular flexibility index (Phi) is 9.93. The van der Waals surface area contributed by atoms with Gasteiger partial charge in [0.15, 0.2) is 0 Å². The van der Waals surface area contributed by atoms with Gasteiger partial charge in [-0.2, -0.15) is 0 Å². The molecule has 0 spiro atoms. The van der Waals surface area contributed by atoms with Gasteiger partial charge in [0.1, 0.15) is 5.60 Å². The summed E-state index contributed by atoms with van der Waals surface area (Å²) in [4.78, 5) is 29.6. The lowest BCUT2D eigenvalue weighted by Crippen LogP contribution is -2.46. The standard InChI is InChI=1S/C20H40N2O5Si/c1-16(28(5,6)7)13-26-22(15-23)18(17-9-8-12-25-14-17)10-11-21-19(24)27-20(2,3)4/h15-18H,8-14H2,1-7H3,(H,21,24)/t16?,17-,18?/m0/s1. The Labute approximate surface area is 171 Å². The van der Waals surface area contributed by atoms with Crippen LogP contribution in [-0.2, 0) is 19.1 Å². The molecule has 0 aliphatic carbocycles. The molecule has 1 N–H and O–H groups in total. The zero-order chi connectivity index (χ0) is 21.4. The van der Waals surface area contributed by atoms with E-state index in [1.807, 2.05) is 20.8 Å². The number of nitrogens with one attached hydrogen (secondary N) is 1. The summed E-state index contributed by atoms with van der Waals surface area (Å²) in [5, 5.41) is 4.23. The quantitative estimate of drug-likeness (QED) is 0.333. The Balaban J connectivity index is 2.69. The second-order valence-electron chi connectivity index (χ2n) is 9.79. The van der Waals surface area contributed by atoms with E-state index in [9.17, 15) is 9.59 Å². The lowest BCUT2D eigenvalue weighted by atomic mass is 9.91. The van der Waals surface area contributed by atoms with Gasteiger partial charge in [-0.3, -0.25) is 9.63 Å². The van der Waals surface area contributed by atoms with Crippen LogP contribution in [0.1, 0.15) is 47.0 Å². The van der Waals surface area contributed by atoms with Crippen LogP contribution in [0.15, 0.2) is 0 Å². The van der Waals surface area contributed by atoms with E-state index >= 15 is 0 Å². The van der Waals surface area contributed by atoms with Gasteiger partial charge in [-0.15, -0.1) is 0 Å². The second kappa shape index (κ2) is 11.2. The van der Waals surface area contributed by atoms with Crippen LogP contribution >= 0.6 is 0 Å². The third-order valence-electron chi connectivity index (χ3n) is 5.23. The average Bonchev–Trinajstić information content (AvgIpc) is 2.58. The summed E-state index contributed by atoms with van der Waals surface area (Å²) in [6.07, 6.45) is 2.86. The van der Waals surface area contributed by atoms with Crippen molar-refractivity contribution in [2.24, 2.45) is 5.92 Å². The molecule has 0 radical (unpaired) electrons. The molecular formula is C20H40N2O5Si. The van der Waals surface area contributed by atoms with Crippen molar-refractivity contribution in [2.45, 2.75) is 83.8 Å². The highest BCUT2D eigenvalue weighted by atomic mass is 28.3. The summed E-state index contributed by atoms with van der Waals surface area (Å²) in [5.41, 5.74) is -0.107. The van der Waals surface area contributed by atoms with Crippen LogP contribution < -0.4 is 5.32 Å². The van der Waals surface area contributed by atoms with Gasteiger partial charge < -0.3 is 14.8 Å². The third kappa shape index (κ3) is 9.38. The number of rotatable bonds is 10. The number of ether oxygens (including phenoxy) is 2. The van der Waals surface area contributed by atoms with Crippen LogP contribution in [0.4, 0.5) is 4.79 Å². The number of hydrogen-bond acceptors (Lipinski definition) is 5. The Morgan fingerprint density at radius 1 is 1.36 bits per heavy atom. The van der Waals surface area contributed by atoms with E-state index in [2.05, 4.69) is 31.9 Å². The Morgan fingerprint density at radius 2 is 2.04 bits per heavy atom. The molecule has 0 aromatic rings. The van der Waals surface area contributed by atoms with Crippen molar-refractivity contribution in [2.75, 3.05) is 26.4 Å². The van der Waals surface area contributed by atoms with Crippen molar-refractivity contribution < 1.29 is 23.9 Å². The van der Waals surface area contributed by atoms with Crippen molar-refractivity contribution in [3.05, 3.63) is 0 Å². The molecule has 7 nitrogen and oxygen atoms in total. The molecule has 0 aromatic carbocycles. The molecule has 1 heterocycles. The molecule has 1 fully saturated rings. The molecule has 1 rings (SSSR count). The van der Waals surface area contributed by atoms with E-state index in [1.54, 1.807) is 0 Å². The first kappa shape index (κ1) is 24.9. The monoisotopic (exact) mass is 416 g/mol. The number of hydrogen-bond donors (Lipinski definition) is 1. The fraction of sp³-hybridized carbons (Fsp3) is 0.900. The van der Waals surface area contributed by atoms with Crippen molar-refractivity contribution in [1.82, 2.24) is 10.4 Å².